The molecule has 0 aliphatic rings. The van der Waals surface area contributed by atoms with E-state index in [1.54, 1.807) is 0 Å². The van der Waals surface area contributed by atoms with E-state index in [1.165, 1.54) is 0 Å². The van der Waals surface area contributed by atoms with E-state index in [9.17, 15) is 0 Å². The van der Waals surface area contributed by atoms with E-state index < -0.39 is 0 Å². The van der Waals surface area contributed by atoms with E-state index in [0.29, 0.717) is 0 Å². The summed E-state index contributed by atoms with van der Waals surface area (Å²) < 4.78 is 0. The van der Waals surface area contributed by atoms with Gasteiger partial charge in [0.15, 0.2) is 0 Å². The van der Waals surface area contributed by atoms with E-state index in [1.807, 2.05) is 74.1 Å². The highest BCUT2D eigenvalue weighted by Crippen LogP contribution is 2.36. The molecular weight excluding hydrogens is 861 g/mol. The third-order valence-corrected chi connectivity index (χ3v) is 13.7. The fraction of sp³-hybridized carbons (Fsp3) is 0. The minimum absolute atomic E-state index is 0.845. The van der Waals surface area contributed by atoms with Crippen molar-refractivity contribution < 1.29 is 0 Å². The first-order chi connectivity index (χ1) is 34.6. The molecule has 15 aromatic rings. The van der Waals surface area contributed by atoms with E-state index in [-0.39, 0.29) is 0 Å². The number of hydrogen-bond donors (Lipinski definition) is 0. The summed E-state index contributed by atoms with van der Waals surface area (Å²) >= 11 is 0. The molecule has 0 unspecified atom stereocenters. The van der Waals surface area contributed by atoms with E-state index in [4.69, 9.17) is 39.9 Å². The fourth-order valence-electron chi connectivity index (χ4n) is 10.1. The van der Waals surface area contributed by atoms with Crippen LogP contribution < -0.4 is 0 Å². The molecule has 0 spiro atoms. The summed E-state index contributed by atoms with van der Waals surface area (Å²) in [6, 6.07) is 46.4. The maximum Gasteiger partial charge on any atom is 0.0965 e. The van der Waals surface area contributed by atoms with E-state index >= 15 is 0 Å². The smallest absolute Gasteiger partial charge is 0.0965 e. The van der Waals surface area contributed by atoms with E-state index in [0.717, 1.165) is 154 Å². The molecule has 10 heteroatoms. The van der Waals surface area contributed by atoms with Gasteiger partial charge in [-0.15, -0.1) is 0 Å². The molecule has 15 rings (SSSR count). The lowest BCUT2D eigenvalue weighted by Gasteiger charge is -2.10. The number of nitrogens with zero attached hydrogens (tertiary/aromatic N) is 10. The van der Waals surface area contributed by atoms with Gasteiger partial charge in [-0.1, -0.05) is 72.8 Å². The first kappa shape index (κ1) is 38.3. The number of pyridine rings is 10. The van der Waals surface area contributed by atoms with Crippen molar-refractivity contribution in [1.82, 2.24) is 49.8 Å². The Labute approximate surface area is 397 Å². The second-order valence-electron chi connectivity index (χ2n) is 17.8. The molecule has 0 amide bonds. The van der Waals surface area contributed by atoms with Crippen molar-refractivity contribution in [3.05, 3.63) is 195 Å². The van der Waals surface area contributed by atoms with Gasteiger partial charge in [-0.05, 0) is 60.7 Å². The summed E-state index contributed by atoms with van der Waals surface area (Å²) in [4.78, 5) is 48.5. The third-order valence-electron chi connectivity index (χ3n) is 13.7. The zero-order valence-corrected chi connectivity index (χ0v) is 36.9. The first-order valence-electron chi connectivity index (χ1n) is 23.0. The maximum absolute atomic E-state index is 4.97. The molecule has 10 aromatic heterocycles. The maximum atomic E-state index is 4.97. The molecule has 0 atom stereocenters. The number of benzene rings is 5. The fourth-order valence-corrected chi connectivity index (χ4v) is 10.1. The summed E-state index contributed by atoms with van der Waals surface area (Å²) in [6.07, 6.45) is 18.9. The standard InChI is InChI=1S/C60H32N10/c1-3-33-5-7-35-17-43(25-63-53(35)51(33)61-15-1)45-19-37-9-11-39-21-47(29-67-57(39)55(37)65-27-45)49-23-41-13-14-42-24-50(32-70-60(42)59(41)69-31-49)48-22-40-12-10-38-20-46(28-66-56(38)58(40)68-30-48)44-18-36-8-6-34-4-2-16-62-52(34)54(36)64-26-44/h1-32H. The molecule has 0 saturated heterocycles. The van der Waals surface area contributed by atoms with Gasteiger partial charge < -0.3 is 0 Å². The van der Waals surface area contributed by atoms with Crippen LogP contribution in [0.5, 0.6) is 0 Å². The second-order valence-corrected chi connectivity index (χ2v) is 17.8. The van der Waals surface area contributed by atoms with Crippen LogP contribution in [-0.4, -0.2) is 49.8 Å². The second kappa shape index (κ2) is 14.9. The van der Waals surface area contributed by atoms with Crippen LogP contribution in [0, 0.1) is 0 Å². The molecule has 0 aliphatic heterocycles. The van der Waals surface area contributed by atoms with Crippen LogP contribution in [0.4, 0.5) is 0 Å². The zero-order valence-electron chi connectivity index (χ0n) is 36.9. The summed E-state index contributed by atoms with van der Waals surface area (Å²) in [6.45, 7) is 0. The molecule has 5 aromatic carbocycles. The molecule has 0 N–H and O–H groups in total. The predicted octanol–water partition coefficient (Wildman–Crippen LogP) is 13.8. The van der Waals surface area contributed by atoms with Gasteiger partial charge in [-0.2, -0.15) is 0 Å². The minimum Gasteiger partial charge on any atom is -0.254 e. The van der Waals surface area contributed by atoms with Gasteiger partial charge in [-0.25, -0.2) is 0 Å². The molecule has 10 heterocycles. The van der Waals surface area contributed by atoms with Gasteiger partial charge in [0.25, 0.3) is 0 Å². The largest absolute Gasteiger partial charge is 0.254 e. The lowest BCUT2D eigenvalue weighted by atomic mass is 10.0. The zero-order chi connectivity index (χ0) is 45.9. The molecule has 10 nitrogen and oxygen atoms in total. The van der Waals surface area contributed by atoms with E-state index in [2.05, 4.69) is 131 Å². The van der Waals surface area contributed by atoms with Crippen molar-refractivity contribution in [2.45, 2.75) is 0 Å². The van der Waals surface area contributed by atoms with Crippen LogP contribution in [0.3, 0.4) is 0 Å². The highest BCUT2D eigenvalue weighted by Gasteiger charge is 2.15. The van der Waals surface area contributed by atoms with Crippen molar-refractivity contribution in [3.8, 4) is 44.5 Å². The Morgan fingerprint density at radius 1 is 0.171 bits per heavy atom. The average Bonchev–Trinajstić information content (AvgIpc) is 3.43. The van der Waals surface area contributed by atoms with Gasteiger partial charge in [0.2, 0.25) is 0 Å². The highest BCUT2D eigenvalue weighted by atomic mass is 14.8. The van der Waals surface area contributed by atoms with Crippen LogP contribution in [0.25, 0.3) is 154 Å². The Balaban J connectivity index is 0.701. The molecule has 0 radical (unpaired) electrons. The summed E-state index contributed by atoms with van der Waals surface area (Å²) in [7, 11) is 0. The molecule has 0 saturated carbocycles. The molecule has 70 heavy (non-hydrogen) atoms. The number of fused-ring (bicyclic) bond motifs is 15. The number of hydrogen-bond acceptors (Lipinski definition) is 10. The molecule has 0 bridgehead atoms. The van der Waals surface area contributed by atoms with Crippen molar-refractivity contribution in [1.29, 1.82) is 0 Å². The third kappa shape index (κ3) is 6.06. The lowest BCUT2D eigenvalue weighted by Crippen LogP contribution is -1.92. The Kier molecular flexibility index (Phi) is 8.13. The van der Waals surface area contributed by atoms with Gasteiger partial charge in [0.05, 0.1) is 55.2 Å². The van der Waals surface area contributed by atoms with Crippen molar-refractivity contribution in [3.63, 3.8) is 0 Å². The molecular formula is C60H32N10. The summed E-state index contributed by atoms with van der Waals surface area (Å²) in [5.74, 6) is 0. The summed E-state index contributed by atoms with van der Waals surface area (Å²) in [5.41, 5.74) is 16.6. The van der Waals surface area contributed by atoms with Gasteiger partial charge >= 0.3 is 0 Å². The topological polar surface area (TPSA) is 129 Å². The van der Waals surface area contributed by atoms with Crippen LogP contribution in [0.1, 0.15) is 0 Å². The normalized spacial score (nSPS) is 12.0. The van der Waals surface area contributed by atoms with Crippen molar-refractivity contribution in [2.24, 2.45) is 0 Å². The Bertz CT molecular complexity index is 4450. The quantitative estimate of drug-likeness (QED) is 0.157. The molecule has 322 valence electrons. The minimum atomic E-state index is 0.845. The predicted molar refractivity (Wildman–Crippen MR) is 281 cm³/mol. The first-order valence-corrected chi connectivity index (χ1v) is 23.0. The Hall–Kier alpha value is -9.80. The van der Waals surface area contributed by atoms with Gasteiger partial charge in [0, 0.05) is 160 Å². The van der Waals surface area contributed by atoms with Crippen LogP contribution in [-0.2, 0) is 0 Å². The van der Waals surface area contributed by atoms with Gasteiger partial charge in [0.1, 0.15) is 0 Å². The number of rotatable bonds is 4. The lowest BCUT2D eigenvalue weighted by molar-refractivity contribution is 1.34. The number of aromatic nitrogens is 10. The van der Waals surface area contributed by atoms with Crippen LogP contribution >= 0.6 is 0 Å². The average molecular weight is 893 g/mol. The van der Waals surface area contributed by atoms with Crippen LogP contribution in [0.2, 0.25) is 0 Å². The monoisotopic (exact) mass is 892 g/mol. The van der Waals surface area contributed by atoms with Crippen molar-refractivity contribution in [2.75, 3.05) is 0 Å². The molecule has 0 fully saturated rings. The highest BCUT2D eigenvalue weighted by molar-refractivity contribution is 6.09. The molecule has 0 aliphatic carbocycles. The summed E-state index contributed by atoms with van der Waals surface area (Å²) in [5, 5.41) is 10.3. The Morgan fingerprint density at radius 2 is 0.343 bits per heavy atom. The Morgan fingerprint density at radius 3 is 0.543 bits per heavy atom. The van der Waals surface area contributed by atoms with Crippen LogP contribution in [0.15, 0.2) is 195 Å². The van der Waals surface area contributed by atoms with Crippen molar-refractivity contribution >= 4 is 109 Å². The SMILES string of the molecule is c1cnc2c(c1)ccc1cc(-c3cnc4c(ccc5cc(-c6cnc7c(ccc8cc(-c9cnc%10c(ccc%11cc(-c%12cnc%13c(ccc%14cccnc%14%13)c%12)cnc%11%10)c9)cnc87)c6)cnc54)c3)cnc12. The van der Waals surface area contributed by atoms with Gasteiger partial charge in [-0.3, -0.25) is 49.8 Å².